The van der Waals surface area contributed by atoms with Gasteiger partial charge < -0.3 is 19.5 Å². The SMILES string of the molecule is CCN1C(=O)N2Cc3cc(OC)cc(OC)c3[C@H](C)C=C2C12CCN(C(O)c1cc3c(C)nn(C)c3s1)CC2. The predicted octanol–water partition coefficient (Wildman–Crippen LogP) is 4.74. The van der Waals surface area contributed by atoms with Crippen molar-refractivity contribution in [3.05, 3.63) is 51.7 Å². The second-order valence-corrected chi connectivity index (χ2v) is 11.9. The molecule has 3 aliphatic rings. The van der Waals surface area contributed by atoms with E-state index in [2.05, 4.69) is 36.0 Å². The molecule has 0 radical (unpaired) electrons. The van der Waals surface area contributed by atoms with Gasteiger partial charge in [-0.3, -0.25) is 14.5 Å². The number of likely N-dealkylation sites (N-methyl/N-ethyl adjacent to an activating group) is 1. The molecule has 0 aliphatic carbocycles. The molecular formula is C29H37N5O4S. The highest BCUT2D eigenvalue weighted by atomic mass is 32.1. The molecule has 1 spiro atoms. The molecule has 0 saturated carbocycles. The van der Waals surface area contributed by atoms with Crippen molar-refractivity contribution >= 4 is 27.6 Å². The summed E-state index contributed by atoms with van der Waals surface area (Å²) in [6.07, 6.45) is 3.12. The second kappa shape index (κ2) is 9.53. The number of fused-ring (bicyclic) bond motifs is 4. The van der Waals surface area contributed by atoms with E-state index in [1.165, 1.54) is 0 Å². The van der Waals surface area contributed by atoms with Crippen LogP contribution in [0.1, 0.15) is 60.5 Å². The number of likely N-dealkylation sites (tertiary alicyclic amines) is 1. The summed E-state index contributed by atoms with van der Waals surface area (Å²) in [5.41, 5.74) is 3.82. The van der Waals surface area contributed by atoms with E-state index in [9.17, 15) is 9.90 Å². The lowest BCUT2D eigenvalue weighted by Gasteiger charge is -2.45. The summed E-state index contributed by atoms with van der Waals surface area (Å²) in [5, 5.41) is 17.0. The quantitative estimate of drug-likeness (QED) is 0.493. The molecule has 2 aromatic heterocycles. The summed E-state index contributed by atoms with van der Waals surface area (Å²) < 4.78 is 13.2. The molecular weight excluding hydrogens is 514 g/mol. The van der Waals surface area contributed by atoms with E-state index in [0.29, 0.717) is 26.2 Å². The van der Waals surface area contributed by atoms with Gasteiger partial charge in [0.1, 0.15) is 22.6 Å². The number of rotatable bonds is 5. The predicted molar refractivity (Wildman–Crippen MR) is 151 cm³/mol. The van der Waals surface area contributed by atoms with Gasteiger partial charge in [0.05, 0.1) is 36.9 Å². The molecule has 5 heterocycles. The number of nitrogens with zero attached hydrogens (tertiary/aromatic N) is 5. The number of carbonyl (C=O) groups is 1. The molecule has 3 aliphatic heterocycles. The first-order valence-corrected chi connectivity index (χ1v) is 14.5. The molecule has 2 fully saturated rings. The van der Waals surface area contributed by atoms with E-state index in [-0.39, 0.29) is 11.9 Å². The fraction of sp³-hybridized carbons (Fsp3) is 0.517. The zero-order chi connectivity index (χ0) is 27.6. The van der Waals surface area contributed by atoms with E-state index in [4.69, 9.17) is 9.47 Å². The third-order valence-electron chi connectivity index (χ3n) is 8.85. The minimum Gasteiger partial charge on any atom is -0.497 e. The van der Waals surface area contributed by atoms with Gasteiger partial charge in [0.15, 0.2) is 0 Å². The highest BCUT2D eigenvalue weighted by molar-refractivity contribution is 7.18. The molecule has 6 rings (SSSR count). The Bertz CT molecular complexity index is 1430. The molecule has 2 atom stereocenters. The molecule has 39 heavy (non-hydrogen) atoms. The monoisotopic (exact) mass is 551 g/mol. The van der Waals surface area contributed by atoms with Crippen molar-refractivity contribution in [3.63, 3.8) is 0 Å². The number of ether oxygens (including phenoxy) is 2. The summed E-state index contributed by atoms with van der Waals surface area (Å²) in [4.78, 5) is 22.0. The number of carbonyl (C=O) groups excluding carboxylic acids is 1. The first-order valence-electron chi connectivity index (χ1n) is 13.6. The fourth-order valence-electron chi connectivity index (χ4n) is 6.93. The molecule has 2 saturated heterocycles. The van der Waals surface area contributed by atoms with Crippen molar-refractivity contribution < 1.29 is 19.4 Å². The Morgan fingerprint density at radius 1 is 1.21 bits per heavy atom. The van der Waals surface area contributed by atoms with Crippen LogP contribution >= 0.6 is 11.3 Å². The van der Waals surface area contributed by atoms with Crippen LogP contribution in [-0.2, 0) is 13.6 Å². The largest absolute Gasteiger partial charge is 0.497 e. The highest BCUT2D eigenvalue weighted by Crippen LogP contribution is 2.49. The maximum Gasteiger partial charge on any atom is 0.325 e. The van der Waals surface area contributed by atoms with Gasteiger partial charge in [-0.2, -0.15) is 5.10 Å². The first-order chi connectivity index (χ1) is 18.7. The van der Waals surface area contributed by atoms with Crippen LogP contribution in [0.2, 0.25) is 0 Å². The number of allylic oxidation sites excluding steroid dienone is 1. The number of aromatic nitrogens is 2. The van der Waals surface area contributed by atoms with Crippen molar-refractivity contribution in [1.82, 2.24) is 24.5 Å². The van der Waals surface area contributed by atoms with Gasteiger partial charge in [-0.05, 0) is 44.4 Å². The molecule has 208 valence electrons. The lowest BCUT2D eigenvalue weighted by molar-refractivity contribution is -0.0309. The van der Waals surface area contributed by atoms with Gasteiger partial charge in [-0.15, -0.1) is 11.3 Å². The average Bonchev–Trinajstić information content (AvgIpc) is 3.51. The van der Waals surface area contributed by atoms with Gasteiger partial charge in [0, 0.05) is 55.3 Å². The minimum atomic E-state index is -0.676. The normalized spacial score (nSPS) is 21.7. The van der Waals surface area contributed by atoms with E-state index >= 15 is 0 Å². The van der Waals surface area contributed by atoms with Crippen LogP contribution in [0.15, 0.2) is 30.0 Å². The lowest BCUT2D eigenvalue weighted by atomic mass is 9.82. The number of amides is 2. The van der Waals surface area contributed by atoms with Gasteiger partial charge >= 0.3 is 6.03 Å². The second-order valence-electron chi connectivity index (χ2n) is 10.9. The summed E-state index contributed by atoms with van der Waals surface area (Å²) >= 11 is 1.60. The van der Waals surface area contributed by atoms with Crippen LogP contribution in [0.4, 0.5) is 4.79 Å². The zero-order valence-corrected chi connectivity index (χ0v) is 24.3. The smallest absolute Gasteiger partial charge is 0.325 e. The molecule has 1 unspecified atom stereocenters. The molecule has 2 amide bonds. The number of urea groups is 1. The molecule has 10 heteroatoms. The van der Waals surface area contributed by atoms with Crippen LogP contribution < -0.4 is 9.47 Å². The first kappa shape index (κ1) is 26.2. The number of aliphatic hydroxyl groups excluding tert-OH is 1. The Labute approximate surface area is 233 Å². The maximum absolute atomic E-state index is 13.9. The molecule has 1 N–H and O–H groups in total. The van der Waals surface area contributed by atoms with Crippen LogP contribution in [0.5, 0.6) is 11.5 Å². The van der Waals surface area contributed by atoms with Gasteiger partial charge in [-0.1, -0.05) is 13.0 Å². The number of aliphatic hydroxyl groups is 1. The maximum atomic E-state index is 13.9. The van der Waals surface area contributed by atoms with Crippen LogP contribution in [0, 0.1) is 6.92 Å². The Kier molecular flexibility index (Phi) is 6.39. The summed E-state index contributed by atoms with van der Waals surface area (Å²) in [5.74, 6) is 1.58. The molecule has 1 aromatic carbocycles. The Hall–Kier alpha value is -3.08. The zero-order valence-electron chi connectivity index (χ0n) is 23.5. The number of methoxy groups -OCH3 is 2. The minimum absolute atomic E-state index is 0.0482. The number of benzene rings is 1. The van der Waals surface area contributed by atoms with Gasteiger partial charge in [-0.25, -0.2) is 4.79 Å². The Morgan fingerprint density at radius 2 is 1.95 bits per heavy atom. The van der Waals surface area contributed by atoms with Crippen molar-refractivity contribution in [2.75, 3.05) is 33.9 Å². The Morgan fingerprint density at radius 3 is 2.59 bits per heavy atom. The highest BCUT2D eigenvalue weighted by Gasteiger charge is 2.55. The number of thiophene rings is 1. The van der Waals surface area contributed by atoms with E-state index in [1.807, 2.05) is 40.6 Å². The molecule has 3 aromatic rings. The summed E-state index contributed by atoms with van der Waals surface area (Å²) in [7, 11) is 5.28. The summed E-state index contributed by atoms with van der Waals surface area (Å²) in [6, 6.07) is 6.07. The lowest BCUT2D eigenvalue weighted by Crippen LogP contribution is -2.54. The van der Waals surface area contributed by atoms with Crippen LogP contribution in [0.25, 0.3) is 10.2 Å². The third kappa shape index (κ3) is 3.87. The van der Waals surface area contributed by atoms with Gasteiger partial charge in [0.25, 0.3) is 0 Å². The average molecular weight is 552 g/mol. The van der Waals surface area contributed by atoms with Crippen molar-refractivity contribution in [3.8, 4) is 11.5 Å². The van der Waals surface area contributed by atoms with Crippen molar-refractivity contribution in [2.45, 2.75) is 57.8 Å². The number of hydrogen-bond donors (Lipinski definition) is 1. The number of piperidine rings is 1. The number of hydrogen-bond acceptors (Lipinski definition) is 7. The van der Waals surface area contributed by atoms with Crippen molar-refractivity contribution in [2.24, 2.45) is 7.05 Å². The third-order valence-corrected chi connectivity index (χ3v) is 10.1. The topological polar surface area (TPSA) is 83.3 Å². The van der Waals surface area contributed by atoms with E-state index < -0.39 is 11.8 Å². The molecule has 0 bridgehead atoms. The van der Waals surface area contributed by atoms with Gasteiger partial charge in [0.2, 0.25) is 0 Å². The fourth-order valence-corrected chi connectivity index (χ4v) is 8.08. The van der Waals surface area contributed by atoms with Crippen molar-refractivity contribution in [1.29, 1.82) is 0 Å². The summed E-state index contributed by atoms with van der Waals surface area (Å²) in [6.45, 7) is 8.75. The molecule has 9 nitrogen and oxygen atoms in total. The van der Waals surface area contributed by atoms with E-state index in [0.717, 1.165) is 62.0 Å². The van der Waals surface area contributed by atoms with E-state index in [1.54, 1.807) is 25.6 Å². The number of aryl methyl sites for hydroxylation is 2. The van der Waals surface area contributed by atoms with Crippen LogP contribution in [0.3, 0.4) is 0 Å². The van der Waals surface area contributed by atoms with Crippen LogP contribution in [-0.4, -0.2) is 75.0 Å². The standard InChI is InChI=1S/C29H37N5O4S/c1-7-34-28(36)33-16-19-13-20(37-5)14-22(38-6)25(19)17(2)12-24(33)29(34)8-10-32(11-9-29)26(35)23-15-21-18(3)30-31(4)27(21)39-23/h12-15,17,26,35H,7-11,16H2,1-6H3/t17-,26?/m1/s1. The Balaban J connectivity index is 1.31.